The average Bonchev–Trinajstić information content (AvgIpc) is 2.53. The summed E-state index contributed by atoms with van der Waals surface area (Å²) < 4.78 is 0. The fourth-order valence-corrected chi connectivity index (χ4v) is 3.10. The number of aliphatic hydroxyl groups excluding tert-OH is 1. The van der Waals surface area contributed by atoms with Crippen LogP contribution in [-0.4, -0.2) is 46.3 Å². The molecule has 4 nitrogen and oxygen atoms in total. The maximum absolute atomic E-state index is 12.6. The molecule has 0 aliphatic carbocycles. The van der Waals surface area contributed by atoms with Gasteiger partial charge in [-0.25, -0.2) is 0 Å². The number of likely N-dealkylation sites (tertiary alicyclic amines) is 1. The molecule has 0 bridgehead atoms. The van der Waals surface area contributed by atoms with Gasteiger partial charge < -0.3 is 15.1 Å². The van der Waals surface area contributed by atoms with Gasteiger partial charge in [-0.1, -0.05) is 12.1 Å². The Bertz CT molecular complexity index is 514. The van der Waals surface area contributed by atoms with Crippen molar-refractivity contribution in [3.05, 3.63) is 35.4 Å². The first-order chi connectivity index (χ1) is 10.9. The molecule has 128 valence electrons. The van der Waals surface area contributed by atoms with E-state index in [1.54, 1.807) is 13.8 Å². The Morgan fingerprint density at radius 3 is 2.61 bits per heavy atom. The molecule has 1 aromatic rings. The first kappa shape index (κ1) is 18.0. The Balaban J connectivity index is 1.95. The topological polar surface area (TPSA) is 60.8 Å². The number of carbonyl (C=O) groups is 1. The van der Waals surface area contributed by atoms with E-state index in [0.29, 0.717) is 12.3 Å². The van der Waals surface area contributed by atoms with Crippen molar-refractivity contribution in [2.45, 2.75) is 51.6 Å². The molecule has 1 amide bonds. The number of rotatable bonds is 6. The standard InChI is InChI=1S/C19H29NO3/c1-19(2,23)10-6-16-4-3-5-17(14-16)18(22)20-11-7-15(8-12-20)9-13-21/h3-5,14-15,21,23H,6-13H2,1-2H3. The number of piperidine rings is 1. The van der Waals surface area contributed by atoms with Crippen LogP contribution in [0.15, 0.2) is 24.3 Å². The van der Waals surface area contributed by atoms with E-state index in [2.05, 4.69) is 0 Å². The lowest BCUT2D eigenvalue weighted by Crippen LogP contribution is -2.38. The van der Waals surface area contributed by atoms with E-state index in [1.165, 1.54) is 0 Å². The quantitative estimate of drug-likeness (QED) is 0.847. The normalized spacial score (nSPS) is 16.6. The third-order valence-corrected chi connectivity index (χ3v) is 4.64. The average molecular weight is 319 g/mol. The maximum Gasteiger partial charge on any atom is 0.253 e. The third-order valence-electron chi connectivity index (χ3n) is 4.64. The Hall–Kier alpha value is -1.39. The molecule has 0 aromatic heterocycles. The van der Waals surface area contributed by atoms with Crippen molar-refractivity contribution in [1.29, 1.82) is 0 Å². The summed E-state index contributed by atoms with van der Waals surface area (Å²) in [4.78, 5) is 14.6. The highest BCUT2D eigenvalue weighted by atomic mass is 16.3. The van der Waals surface area contributed by atoms with Gasteiger partial charge in [0.05, 0.1) is 5.60 Å². The van der Waals surface area contributed by atoms with Crippen LogP contribution in [0.25, 0.3) is 0 Å². The van der Waals surface area contributed by atoms with Crippen LogP contribution in [-0.2, 0) is 6.42 Å². The highest BCUT2D eigenvalue weighted by molar-refractivity contribution is 5.94. The molecule has 0 spiro atoms. The van der Waals surface area contributed by atoms with E-state index in [-0.39, 0.29) is 12.5 Å². The summed E-state index contributed by atoms with van der Waals surface area (Å²) in [6.07, 6.45) is 4.24. The van der Waals surface area contributed by atoms with E-state index in [1.807, 2.05) is 29.2 Å². The summed E-state index contributed by atoms with van der Waals surface area (Å²) in [6.45, 7) is 5.40. The van der Waals surface area contributed by atoms with Crippen molar-refractivity contribution < 1.29 is 15.0 Å². The minimum atomic E-state index is -0.686. The molecule has 1 aliphatic rings. The lowest BCUT2D eigenvalue weighted by atomic mass is 9.93. The van der Waals surface area contributed by atoms with Crippen LogP contribution in [0.2, 0.25) is 0 Å². The second kappa shape index (κ2) is 7.93. The Kier molecular flexibility index (Phi) is 6.19. The third kappa shape index (κ3) is 5.63. The highest BCUT2D eigenvalue weighted by Crippen LogP contribution is 2.22. The van der Waals surface area contributed by atoms with Gasteiger partial charge >= 0.3 is 0 Å². The highest BCUT2D eigenvalue weighted by Gasteiger charge is 2.23. The van der Waals surface area contributed by atoms with Gasteiger partial charge in [-0.15, -0.1) is 0 Å². The molecule has 1 fully saturated rings. The van der Waals surface area contributed by atoms with Crippen LogP contribution in [0.3, 0.4) is 0 Å². The molecule has 0 saturated carbocycles. The lowest BCUT2D eigenvalue weighted by Gasteiger charge is -2.32. The van der Waals surface area contributed by atoms with Crippen molar-refractivity contribution >= 4 is 5.91 Å². The first-order valence-electron chi connectivity index (χ1n) is 8.60. The molecule has 0 atom stereocenters. The van der Waals surface area contributed by atoms with Crippen LogP contribution in [0, 0.1) is 5.92 Å². The molecule has 0 radical (unpaired) electrons. The van der Waals surface area contributed by atoms with Gasteiger partial charge in [0.1, 0.15) is 0 Å². The van der Waals surface area contributed by atoms with Gasteiger partial charge in [0.2, 0.25) is 0 Å². The molecule has 4 heteroatoms. The van der Waals surface area contributed by atoms with Crippen molar-refractivity contribution in [3.8, 4) is 0 Å². The summed E-state index contributed by atoms with van der Waals surface area (Å²) in [5.74, 6) is 0.639. The lowest BCUT2D eigenvalue weighted by molar-refractivity contribution is 0.0678. The number of aryl methyl sites for hydroxylation is 1. The molecular formula is C19H29NO3. The van der Waals surface area contributed by atoms with Gasteiger partial charge in [-0.05, 0) is 69.6 Å². The number of hydrogen-bond acceptors (Lipinski definition) is 3. The second-order valence-corrected chi connectivity index (χ2v) is 7.26. The molecule has 0 unspecified atom stereocenters. The fraction of sp³-hybridized carbons (Fsp3) is 0.632. The Morgan fingerprint density at radius 2 is 2.00 bits per heavy atom. The summed E-state index contributed by atoms with van der Waals surface area (Å²) >= 11 is 0. The molecule has 1 saturated heterocycles. The molecule has 2 rings (SSSR count). The largest absolute Gasteiger partial charge is 0.396 e. The zero-order valence-corrected chi connectivity index (χ0v) is 14.3. The molecule has 1 heterocycles. The number of benzene rings is 1. The van der Waals surface area contributed by atoms with E-state index in [9.17, 15) is 9.90 Å². The van der Waals surface area contributed by atoms with E-state index in [0.717, 1.165) is 49.9 Å². The molecule has 2 N–H and O–H groups in total. The van der Waals surface area contributed by atoms with E-state index >= 15 is 0 Å². The van der Waals surface area contributed by atoms with E-state index in [4.69, 9.17) is 5.11 Å². The summed E-state index contributed by atoms with van der Waals surface area (Å²) in [5, 5.41) is 18.8. The predicted molar refractivity (Wildman–Crippen MR) is 91.4 cm³/mol. The minimum absolute atomic E-state index is 0.0950. The first-order valence-corrected chi connectivity index (χ1v) is 8.60. The fourth-order valence-electron chi connectivity index (χ4n) is 3.10. The summed E-state index contributed by atoms with van der Waals surface area (Å²) in [7, 11) is 0. The van der Waals surface area contributed by atoms with Crippen molar-refractivity contribution in [1.82, 2.24) is 4.90 Å². The number of carbonyl (C=O) groups excluding carboxylic acids is 1. The van der Waals surface area contributed by atoms with Crippen molar-refractivity contribution in [3.63, 3.8) is 0 Å². The number of hydrogen-bond donors (Lipinski definition) is 2. The van der Waals surface area contributed by atoms with Gasteiger partial charge in [-0.2, -0.15) is 0 Å². The van der Waals surface area contributed by atoms with Gasteiger partial charge in [0.25, 0.3) is 5.91 Å². The Morgan fingerprint density at radius 1 is 1.30 bits per heavy atom. The predicted octanol–water partition coefficient (Wildman–Crippen LogP) is 2.62. The Labute approximate surface area is 139 Å². The minimum Gasteiger partial charge on any atom is -0.396 e. The zero-order chi connectivity index (χ0) is 16.9. The van der Waals surface area contributed by atoms with Crippen LogP contribution in [0.1, 0.15) is 55.5 Å². The van der Waals surface area contributed by atoms with Crippen molar-refractivity contribution in [2.75, 3.05) is 19.7 Å². The summed E-state index contributed by atoms with van der Waals surface area (Å²) in [5.41, 5.74) is 1.14. The monoisotopic (exact) mass is 319 g/mol. The van der Waals surface area contributed by atoms with Gasteiger partial charge in [0.15, 0.2) is 0 Å². The molecule has 23 heavy (non-hydrogen) atoms. The van der Waals surface area contributed by atoms with Crippen LogP contribution < -0.4 is 0 Å². The molecule has 1 aromatic carbocycles. The smallest absolute Gasteiger partial charge is 0.253 e. The summed E-state index contributed by atoms with van der Waals surface area (Å²) in [6, 6.07) is 7.76. The zero-order valence-electron chi connectivity index (χ0n) is 14.3. The van der Waals surface area contributed by atoms with Gasteiger partial charge in [0, 0.05) is 25.3 Å². The van der Waals surface area contributed by atoms with Crippen LogP contribution in [0.4, 0.5) is 0 Å². The van der Waals surface area contributed by atoms with Crippen LogP contribution in [0.5, 0.6) is 0 Å². The number of aliphatic hydroxyl groups is 2. The van der Waals surface area contributed by atoms with Crippen molar-refractivity contribution in [2.24, 2.45) is 5.92 Å². The van der Waals surface area contributed by atoms with E-state index < -0.39 is 5.60 Å². The number of amides is 1. The maximum atomic E-state index is 12.6. The number of nitrogens with zero attached hydrogens (tertiary/aromatic N) is 1. The SMILES string of the molecule is CC(C)(O)CCc1cccc(C(=O)N2CCC(CCO)CC2)c1. The molecular weight excluding hydrogens is 290 g/mol. The second-order valence-electron chi connectivity index (χ2n) is 7.26. The van der Waals surface area contributed by atoms with Crippen LogP contribution >= 0.6 is 0 Å². The van der Waals surface area contributed by atoms with Gasteiger partial charge in [-0.3, -0.25) is 4.79 Å². The molecule has 1 aliphatic heterocycles.